The van der Waals surface area contributed by atoms with Gasteiger partial charge in [-0.1, -0.05) is 11.6 Å². The second-order valence-corrected chi connectivity index (χ2v) is 6.31. The number of hydrogen-bond donors (Lipinski definition) is 0. The van der Waals surface area contributed by atoms with Crippen LogP contribution >= 0.6 is 44.9 Å². The maximum Gasteiger partial charge on any atom is 0.267 e. The summed E-state index contributed by atoms with van der Waals surface area (Å²) < 4.78 is 47.1. The summed E-state index contributed by atoms with van der Waals surface area (Å²) in [7, 11) is 0.692. The molecule has 1 aromatic heterocycles. The first-order valence-electron chi connectivity index (χ1n) is 3.32. The molecule has 0 N–H and O–H groups in total. The smallest absolute Gasteiger partial charge is 0.248 e. The molecule has 1 aromatic rings. The van der Waals surface area contributed by atoms with Crippen LogP contribution in [0.2, 0.25) is 5.02 Å². The molecule has 0 aromatic carbocycles. The van der Waals surface area contributed by atoms with Crippen molar-refractivity contribution < 1.29 is 17.2 Å². The van der Waals surface area contributed by atoms with E-state index in [-0.39, 0.29) is 3.70 Å². The van der Waals surface area contributed by atoms with Crippen LogP contribution in [0.5, 0.6) is 0 Å². The van der Waals surface area contributed by atoms with Crippen LogP contribution in [0.15, 0.2) is 11.1 Å². The summed E-state index contributed by atoms with van der Waals surface area (Å²) in [6.07, 6.45) is -2.04. The zero-order chi connectivity index (χ0) is 11.8. The molecule has 0 fully saturated rings. The Kier molecular flexibility index (Phi) is 4.13. The maximum absolute atomic E-state index is 12.6. The lowest BCUT2D eigenvalue weighted by Crippen LogP contribution is -2.04. The first-order chi connectivity index (χ1) is 6.75. The van der Waals surface area contributed by atoms with Crippen molar-refractivity contribution in [3.63, 3.8) is 0 Å². The topological polar surface area (TPSA) is 47.0 Å². The Morgan fingerprint density at radius 2 is 2.00 bits per heavy atom. The fourth-order valence-electron chi connectivity index (χ4n) is 0.901. The van der Waals surface area contributed by atoms with Crippen molar-refractivity contribution >= 4 is 53.9 Å². The summed E-state index contributed by atoms with van der Waals surface area (Å²) in [5.41, 5.74) is -0.766. The van der Waals surface area contributed by atoms with Crippen molar-refractivity contribution in [1.82, 2.24) is 4.98 Å². The zero-order valence-corrected chi connectivity index (χ0v) is 11.2. The van der Waals surface area contributed by atoms with Crippen molar-refractivity contribution in [3.05, 3.63) is 20.5 Å². The van der Waals surface area contributed by atoms with Gasteiger partial charge in [-0.05, 0) is 22.6 Å². The minimum atomic E-state index is -4.32. The molecule has 0 aliphatic carbocycles. The lowest BCUT2D eigenvalue weighted by molar-refractivity contribution is 0.146. The van der Waals surface area contributed by atoms with Gasteiger partial charge in [-0.15, -0.1) is 0 Å². The maximum atomic E-state index is 12.6. The lowest BCUT2D eigenvalue weighted by Gasteiger charge is -2.08. The SMILES string of the molecule is O=S(=O)(Cl)c1c(Cl)cnc(I)c1C(F)F. The van der Waals surface area contributed by atoms with Gasteiger partial charge in [0.15, 0.2) is 0 Å². The van der Waals surface area contributed by atoms with Crippen LogP contribution in [0.25, 0.3) is 0 Å². The molecule has 84 valence electrons. The molecule has 0 amide bonds. The molecule has 1 heterocycles. The fraction of sp³-hybridized carbons (Fsp3) is 0.167. The average molecular weight is 388 g/mol. The van der Waals surface area contributed by atoms with Gasteiger partial charge >= 0.3 is 0 Å². The highest BCUT2D eigenvalue weighted by molar-refractivity contribution is 14.1. The third kappa shape index (κ3) is 2.89. The molecule has 9 heteroatoms. The quantitative estimate of drug-likeness (QED) is 0.444. The van der Waals surface area contributed by atoms with E-state index in [1.807, 2.05) is 0 Å². The minimum Gasteiger partial charge on any atom is -0.248 e. The molecular formula is C6H2Cl2F2INO2S. The summed E-state index contributed by atoms with van der Waals surface area (Å²) in [6.45, 7) is 0. The van der Waals surface area contributed by atoms with E-state index in [0.717, 1.165) is 6.20 Å². The summed E-state index contributed by atoms with van der Waals surface area (Å²) in [5, 5.41) is -0.416. The van der Waals surface area contributed by atoms with E-state index in [9.17, 15) is 17.2 Å². The molecule has 0 saturated carbocycles. The Morgan fingerprint density at radius 3 is 2.33 bits per heavy atom. The van der Waals surface area contributed by atoms with Crippen molar-refractivity contribution in [2.75, 3.05) is 0 Å². The van der Waals surface area contributed by atoms with Crippen molar-refractivity contribution in [3.8, 4) is 0 Å². The van der Waals surface area contributed by atoms with E-state index in [4.69, 9.17) is 22.3 Å². The van der Waals surface area contributed by atoms with E-state index in [0.29, 0.717) is 0 Å². The van der Waals surface area contributed by atoms with Crippen molar-refractivity contribution in [2.45, 2.75) is 11.3 Å². The number of hydrogen-bond acceptors (Lipinski definition) is 3. The molecular weight excluding hydrogens is 386 g/mol. The summed E-state index contributed by atoms with van der Waals surface area (Å²) in [4.78, 5) is 2.75. The largest absolute Gasteiger partial charge is 0.267 e. The Balaban J connectivity index is 3.68. The number of alkyl halides is 2. The van der Waals surface area contributed by atoms with Gasteiger partial charge in [-0.25, -0.2) is 22.2 Å². The molecule has 1 rings (SSSR count). The van der Waals surface area contributed by atoms with Gasteiger partial charge in [0.2, 0.25) is 0 Å². The molecule has 0 aliphatic rings. The molecule has 0 atom stereocenters. The first kappa shape index (κ1) is 13.3. The predicted molar refractivity (Wildman–Crippen MR) is 60.0 cm³/mol. The second kappa shape index (κ2) is 4.64. The summed E-state index contributed by atoms with van der Waals surface area (Å²) in [6, 6.07) is 0. The number of halogens is 5. The van der Waals surface area contributed by atoms with Crippen molar-refractivity contribution in [1.29, 1.82) is 0 Å². The van der Waals surface area contributed by atoms with Gasteiger partial charge in [0.05, 0.1) is 10.6 Å². The van der Waals surface area contributed by atoms with Crippen LogP contribution < -0.4 is 0 Å². The molecule has 3 nitrogen and oxygen atoms in total. The Hall–Kier alpha value is 0.270. The fourth-order valence-corrected chi connectivity index (χ4v) is 3.53. The van der Waals surface area contributed by atoms with E-state index >= 15 is 0 Å². The molecule has 0 aliphatic heterocycles. The van der Waals surface area contributed by atoms with E-state index in [1.54, 1.807) is 0 Å². The Labute approximate surface area is 107 Å². The lowest BCUT2D eigenvalue weighted by atomic mass is 10.3. The first-order valence-corrected chi connectivity index (χ1v) is 7.08. The predicted octanol–water partition coefficient (Wildman–Crippen LogP) is 3.20. The standard InChI is InChI=1S/C6H2Cl2F2INO2S/c7-2-1-12-6(11)3(5(9)10)4(2)15(8,13)14/h1,5H. The van der Waals surface area contributed by atoms with Crippen LogP contribution in [-0.4, -0.2) is 13.4 Å². The number of nitrogens with zero attached hydrogens (tertiary/aromatic N) is 1. The Morgan fingerprint density at radius 1 is 1.47 bits per heavy atom. The number of pyridine rings is 1. The van der Waals surface area contributed by atoms with Crippen LogP contribution in [-0.2, 0) is 9.05 Å². The number of rotatable bonds is 2. The minimum absolute atomic E-state index is 0.147. The van der Waals surface area contributed by atoms with Crippen LogP contribution in [0.3, 0.4) is 0 Å². The van der Waals surface area contributed by atoms with Gasteiger partial charge in [-0.2, -0.15) is 0 Å². The van der Waals surface area contributed by atoms with E-state index in [1.165, 1.54) is 22.6 Å². The third-order valence-electron chi connectivity index (χ3n) is 1.44. The van der Waals surface area contributed by atoms with Crippen LogP contribution in [0.4, 0.5) is 8.78 Å². The molecule has 0 bridgehead atoms. The van der Waals surface area contributed by atoms with Gasteiger partial charge in [0.1, 0.15) is 8.60 Å². The molecule has 15 heavy (non-hydrogen) atoms. The van der Waals surface area contributed by atoms with E-state index in [2.05, 4.69) is 4.98 Å². The van der Waals surface area contributed by atoms with Gasteiger partial charge in [0, 0.05) is 16.9 Å². The van der Waals surface area contributed by atoms with Gasteiger partial charge < -0.3 is 0 Å². The monoisotopic (exact) mass is 387 g/mol. The average Bonchev–Trinajstić information content (AvgIpc) is 2.05. The van der Waals surface area contributed by atoms with Crippen LogP contribution in [0, 0.1) is 3.70 Å². The second-order valence-electron chi connectivity index (χ2n) is 2.38. The normalized spacial score (nSPS) is 12.1. The molecule has 0 saturated heterocycles. The van der Waals surface area contributed by atoms with E-state index < -0.39 is 31.0 Å². The highest BCUT2D eigenvalue weighted by Crippen LogP contribution is 2.35. The zero-order valence-electron chi connectivity index (χ0n) is 6.72. The molecule has 0 spiro atoms. The summed E-state index contributed by atoms with van der Waals surface area (Å²) in [5.74, 6) is 0. The van der Waals surface area contributed by atoms with Gasteiger partial charge in [0.25, 0.3) is 15.5 Å². The van der Waals surface area contributed by atoms with Crippen molar-refractivity contribution in [2.24, 2.45) is 0 Å². The molecule has 0 radical (unpaired) electrons. The highest BCUT2D eigenvalue weighted by Gasteiger charge is 2.28. The highest BCUT2D eigenvalue weighted by atomic mass is 127. The number of aromatic nitrogens is 1. The van der Waals surface area contributed by atoms with Gasteiger partial charge in [-0.3, -0.25) is 0 Å². The van der Waals surface area contributed by atoms with Crippen LogP contribution in [0.1, 0.15) is 12.0 Å². The Bertz CT molecular complexity index is 494. The summed E-state index contributed by atoms with van der Waals surface area (Å²) >= 11 is 6.95. The third-order valence-corrected chi connectivity index (χ3v) is 4.09. The molecule has 0 unspecified atom stereocenters.